The van der Waals surface area contributed by atoms with Gasteiger partial charge in [0.05, 0.1) is 24.4 Å². The van der Waals surface area contributed by atoms with Crippen molar-refractivity contribution in [2.45, 2.75) is 19.9 Å². The van der Waals surface area contributed by atoms with E-state index < -0.39 is 0 Å². The Bertz CT molecular complexity index is 480. The van der Waals surface area contributed by atoms with Gasteiger partial charge in [0, 0.05) is 19.7 Å². The minimum Gasteiger partial charge on any atom is -0.383 e. The second kappa shape index (κ2) is 8.31. The van der Waals surface area contributed by atoms with Crippen molar-refractivity contribution >= 4 is 11.6 Å². The summed E-state index contributed by atoms with van der Waals surface area (Å²) in [7, 11) is 1.64. The van der Waals surface area contributed by atoms with E-state index in [9.17, 15) is 4.79 Å². The number of nitrogens with one attached hydrogen (secondary N) is 1. The summed E-state index contributed by atoms with van der Waals surface area (Å²) in [5.41, 5.74) is 1.02. The molecule has 0 bridgehead atoms. The van der Waals surface area contributed by atoms with E-state index in [0.29, 0.717) is 24.4 Å². The molecule has 0 saturated carbocycles. The Morgan fingerprint density at radius 1 is 1.45 bits per heavy atom. The Morgan fingerprint density at radius 2 is 2.15 bits per heavy atom. The molecule has 0 aliphatic rings. The van der Waals surface area contributed by atoms with E-state index in [-0.39, 0.29) is 18.5 Å². The van der Waals surface area contributed by atoms with E-state index in [2.05, 4.69) is 11.4 Å². The molecule has 1 rings (SSSR count). The number of methoxy groups -OCH3 is 1. The van der Waals surface area contributed by atoms with Gasteiger partial charge < -0.3 is 10.1 Å². The maximum absolute atomic E-state index is 12.1. The SMILES string of the molecule is COCCN(CC(=O)Nc1ccccc1C#N)C(C)C. The first-order chi connectivity index (χ1) is 9.58. The van der Waals surface area contributed by atoms with Gasteiger partial charge in [-0.05, 0) is 26.0 Å². The molecule has 0 spiro atoms. The van der Waals surface area contributed by atoms with Crippen LogP contribution in [0.1, 0.15) is 19.4 Å². The first-order valence-corrected chi connectivity index (χ1v) is 6.60. The fourth-order valence-corrected chi connectivity index (χ4v) is 1.79. The van der Waals surface area contributed by atoms with Crippen LogP contribution in [-0.2, 0) is 9.53 Å². The Morgan fingerprint density at radius 3 is 2.75 bits per heavy atom. The third-order valence-electron chi connectivity index (χ3n) is 2.98. The van der Waals surface area contributed by atoms with Crippen molar-refractivity contribution in [3.8, 4) is 6.07 Å². The molecule has 0 atom stereocenters. The number of nitriles is 1. The summed E-state index contributed by atoms with van der Waals surface area (Å²) >= 11 is 0. The molecule has 0 aliphatic heterocycles. The molecule has 0 heterocycles. The van der Waals surface area contributed by atoms with Gasteiger partial charge in [-0.15, -0.1) is 0 Å². The van der Waals surface area contributed by atoms with Crippen molar-refractivity contribution in [2.75, 3.05) is 32.1 Å². The van der Waals surface area contributed by atoms with E-state index in [1.165, 1.54) is 0 Å². The van der Waals surface area contributed by atoms with E-state index in [1.54, 1.807) is 31.4 Å². The predicted octanol–water partition coefficient (Wildman–Crippen LogP) is 1.85. The van der Waals surface area contributed by atoms with Gasteiger partial charge >= 0.3 is 0 Å². The summed E-state index contributed by atoms with van der Waals surface area (Å²) in [4.78, 5) is 14.1. The zero-order valence-corrected chi connectivity index (χ0v) is 12.2. The molecule has 5 nitrogen and oxygen atoms in total. The van der Waals surface area contributed by atoms with Crippen molar-refractivity contribution in [3.63, 3.8) is 0 Å². The standard InChI is InChI=1S/C15H21N3O2/c1-12(2)18(8-9-20-3)11-15(19)17-14-7-5-4-6-13(14)10-16/h4-7,12H,8-9,11H2,1-3H3,(H,17,19). The van der Waals surface area contributed by atoms with Crippen LogP contribution in [0.2, 0.25) is 0 Å². The molecule has 20 heavy (non-hydrogen) atoms. The average molecular weight is 275 g/mol. The van der Waals surface area contributed by atoms with E-state index in [0.717, 1.165) is 0 Å². The van der Waals surface area contributed by atoms with Crippen molar-refractivity contribution in [3.05, 3.63) is 29.8 Å². The van der Waals surface area contributed by atoms with Crippen molar-refractivity contribution in [1.29, 1.82) is 5.26 Å². The molecule has 0 aliphatic carbocycles. The Hall–Kier alpha value is -1.90. The van der Waals surface area contributed by atoms with Gasteiger partial charge in [0.25, 0.3) is 0 Å². The molecule has 1 N–H and O–H groups in total. The topological polar surface area (TPSA) is 65.4 Å². The zero-order chi connectivity index (χ0) is 15.0. The minimum absolute atomic E-state index is 0.127. The van der Waals surface area contributed by atoms with Gasteiger partial charge in [-0.2, -0.15) is 5.26 Å². The lowest BCUT2D eigenvalue weighted by molar-refractivity contribution is -0.117. The first-order valence-electron chi connectivity index (χ1n) is 6.60. The second-order valence-corrected chi connectivity index (χ2v) is 4.76. The molecule has 1 amide bonds. The summed E-state index contributed by atoms with van der Waals surface area (Å²) < 4.78 is 5.04. The van der Waals surface area contributed by atoms with Gasteiger partial charge in [0.1, 0.15) is 6.07 Å². The monoisotopic (exact) mass is 275 g/mol. The average Bonchev–Trinajstić information content (AvgIpc) is 2.43. The normalized spacial score (nSPS) is 10.6. The summed E-state index contributed by atoms with van der Waals surface area (Å²) in [5.74, 6) is -0.127. The largest absolute Gasteiger partial charge is 0.383 e. The maximum atomic E-state index is 12.1. The van der Waals surface area contributed by atoms with Crippen LogP contribution in [0.15, 0.2) is 24.3 Å². The molecule has 0 radical (unpaired) electrons. The number of carbonyl (C=O) groups excluding carboxylic acids is 1. The van der Waals surface area contributed by atoms with Gasteiger partial charge in [0.15, 0.2) is 0 Å². The van der Waals surface area contributed by atoms with Gasteiger partial charge in [-0.25, -0.2) is 0 Å². The number of hydrogen-bond donors (Lipinski definition) is 1. The third-order valence-corrected chi connectivity index (χ3v) is 2.98. The molecule has 1 aromatic rings. The summed E-state index contributed by atoms with van der Waals surface area (Å²) in [6.45, 7) is 5.63. The zero-order valence-electron chi connectivity index (χ0n) is 12.2. The van der Waals surface area contributed by atoms with E-state index in [4.69, 9.17) is 10.00 Å². The van der Waals surface area contributed by atoms with E-state index in [1.807, 2.05) is 18.7 Å². The number of nitrogens with zero attached hydrogens (tertiary/aromatic N) is 2. The predicted molar refractivity (Wildman–Crippen MR) is 78.4 cm³/mol. The van der Waals surface area contributed by atoms with Crippen LogP contribution < -0.4 is 5.32 Å². The number of benzene rings is 1. The highest BCUT2D eigenvalue weighted by Crippen LogP contribution is 2.13. The van der Waals surface area contributed by atoms with Crippen LogP contribution >= 0.6 is 0 Å². The molecule has 0 aromatic heterocycles. The highest BCUT2D eigenvalue weighted by Gasteiger charge is 2.14. The Labute approximate surface area is 120 Å². The number of hydrogen-bond acceptors (Lipinski definition) is 4. The fraction of sp³-hybridized carbons (Fsp3) is 0.467. The Balaban J connectivity index is 2.64. The van der Waals surface area contributed by atoms with Gasteiger partial charge in [-0.3, -0.25) is 9.69 Å². The molecular weight excluding hydrogens is 254 g/mol. The fourth-order valence-electron chi connectivity index (χ4n) is 1.79. The second-order valence-electron chi connectivity index (χ2n) is 4.76. The first kappa shape index (κ1) is 16.2. The number of rotatable bonds is 7. The number of para-hydroxylation sites is 1. The molecule has 108 valence electrons. The third kappa shape index (κ3) is 5.00. The maximum Gasteiger partial charge on any atom is 0.238 e. The molecule has 0 fully saturated rings. The lowest BCUT2D eigenvalue weighted by Gasteiger charge is -2.25. The van der Waals surface area contributed by atoms with Crippen molar-refractivity contribution < 1.29 is 9.53 Å². The van der Waals surface area contributed by atoms with Crippen LogP contribution in [0.3, 0.4) is 0 Å². The highest BCUT2D eigenvalue weighted by molar-refractivity contribution is 5.93. The molecule has 0 unspecified atom stereocenters. The van der Waals surface area contributed by atoms with E-state index >= 15 is 0 Å². The quantitative estimate of drug-likeness (QED) is 0.825. The van der Waals surface area contributed by atoms with Crippen LogP contribution in [0, 0.1) is 11.3 Å². The number of anilines is 1. The Kier molecular flexibility index (Phi) is 6.71. The summed E-state index contributed by atoms with van der Waals surface area (Å²) in [6.07, 6.45) is 0. The molecule has 5 heteroatoms. The number of carbonyl (C=O) groups is 1. The number of amides is 1. The number of ether oxygens (including phenoxy) is 1. The lowest BCUT2D eigenvalue weighted by atomic mass is 10.2. The van der Waals surface area contributed by atoms with Crippen LogP contribution in [0.5, 0.6) is 0 Å². The van der Waals surface area contributed by atoms with Crippen molar-refractivity contribution in [2.24, 2.45) is 0 Å². The highest BCUT2D eigenvalue weighted by atomic mass is 16.5. The van der Waals surface area contributed by atoms with Gasteiger partial charge in [-0.1, -0.05) is 12.1 Å². The van der Waals surface area contributed by atoms with Crippen LogP contribution in [0.4, 0.5) is 5.69 Å². The molecular formula is C15H21N3O2. The van der Waals surface area contributed by atoms with Crippen LogP contribution in [0.25, 0.3) is 0 Å². The lowest BCUT2D eigenvalue weighted by Crippen LogP contribution is -2.40. The molecule has 0 saturated heterocycles. The van der Waals surface area contributed by atoms with Gasteiger partial charge in [0.2, 0.25) is 5.91 Å². The summed E-state index contributed by atoms with van der Waals surface area (Å²) in [5, 5.41) is 11.8. The smallest absolute Gasteiger partial charge is 0.238 e. The molecule has 1 aromatic carbocycles. The summed E-state index contributed by atoms with van der Waals surface area (Å²) in [6, 6.07) is 9.29. The van der Waals surface area contributed by atoms with Crippen LogP contribution in [-0.4, -0.2) is 43.7 Å². The minimum atomic E-state index is -0.127. The van der Waals surface area contributed by atoms with Crippen molar-refractivity contribution in [1.82, 2.24) is 4.90 Å².